The number of alkyl halides is 3. The highest BCUT2D eigenvalue weighted by molar-refractivity contribution is 6.18. The van der Waals surface area contributed by atoms with Gasteiger partial charge >= 0.3 is 0 Å². The van der Waals surface area contributed by atoms with E-state index in [4.69, 9.17) is 11.6 Å². The van der Waals surface area contributed by atoms with Crippen molar-refractivity contribution in [3.05, 3.63) is 29.8 Å². The molecule has 17 heavy (non-hydrogen) atoms. The molecule has 0 N–H and O–H groups in total. The van der Waals surface area contributed by atoms with E-state index in [0.29, 0.717) is 0 Å². The van der Waals surface area contributed by atoms with Crippen molar-refractivity contribution in [3.8, 4) is 0 Å². The van der Waals surface area contributed by atoms with Gasteiger partial charge in [-0.3, -0.25) is 4.79 Å². The Balaban J connectivity index is 2.79. The van der Waals surface area contributed by atoms with Gasteiger partial charge in [-0.25, -0.2) is 18.2 Å². The van der Waals surface area contributed by atoms with Crippen LogP contribution in [0.3, 0.4) is 0 Å². The maximum absolute atomic E-state index is 12.6. The van der Waals surface area contributed by atoms with Crippen molar-refractivity contribution < 1.29 is 18.0 Å². The summed E-state index contributed by atoms with van der Waals surface area (Å²) in [6.45, 7) is -0.728. The van der Waals surface area contributed by atoms with Gasteiger partial charge < -0.3 is 4.90 Å². The van der Waals surface area contributed by atoms with Crippen LogP contribution < -0.4 is 0 Å². The number of amides is 1. The molecule has 94 valence electrons. The first-order chi connectivity index (χ1) is 8.04. The zero-order chi connectivity index (χ0) is 12.8. The minimum absolute atomic E-state index is 0.0101. The molecule has 0 atom stereocenters. The zero-order valence-corrected chi connectivity index (χ0v) is 9.50. The van der Waals surface area contributed by atoms with Gasteiger partial charge in [0.15, 0.2) is 0 Å². The Morgan fingerprint density at radius 3 is 2.65 bits per heavy atom. The molecular formula is C10H10ClF3N2O. The van der Waals surface area contributed by atoms with E-state index >= 15 is 0 Å². The number of carbonyl (C=O) groups is 1. The van der Waals surface area contributed by atoms with Gasteiger partial charge in [-0.05, 0) is 12.1 Å². The zero-order valence-electron chi connectivity index (χ0n) is 8.75. The van der Waals surface area contributed by atoms with E-state index in [9.17, 15) is 18.0 Å². The van der Waals surface area contributed by atoms with Crippen LogP contribution >= 0.6 is 11.6 Å². The Kier molecular flexibility index (Phi) is 5.21. The SMILES string of the molecule is O=C(c1ccc(F)cn1)N(CCCl)CC(F)F. The molecule has 0 aliphatic carbocycles. The van der Waals surface area contributed by atoms with Crippen LogP contribution in [0.2, 0.25) is 0 Å². The first-order valence-corrected chi connectivity index (χ1v) is 5.33. The lowest BCUT2D eigenvalue weighted by Crippen LogP contribution is -2.37. The molecule has 1 amide bonds. The first kappa shape index (κ1) is 13.8. The minimum Gasteiger partial charge on any atom is -0.330 e. The largest absolute Gasteiger partial charge is 0.330 e. The summed E-state index contributed by atoms with van der Waals surface area (Å²) in [6.07, 6.45) is -1.79. The fourth-order valence-corrected chi connectivity index (χ4v) is 1.41. The van der Waals surface area contributed by atoms with Gasteiger partial charge in [-0.15, -0.1) is 11.6 Å². The lowest BCUT2D eigenvalue weighted by molar-refractivity contribution is 0.0566. The normalized spacial score (nSPS) is 10.6. The van der Waals surface area contributed by atoms with Crippen molar-refractivity contribution in [3.63, 3.8) is 0 Å². The van der Waals surface area contributed by atoms with E-state index in [2.05, 4.69) is 4.98 Å². The van der Waals surface area contributed by atoms with Crippen molar-refractivity contribution in [1.29, 1.82) is 0 Å². The molecule has 1 heterocycles. The third kappa shape index (κ3) is 4.22. The molecule has 7 heteroatoms. The van der Waals surface area contributed by atoms with Crippen LogP contribution in [0.25, 0.3) is 0 Å². The maximum Gasteiger partial charge on any atom is 0.272 e. The molecule has 1 aromatic heterocycles. The second-order valence-corrected chi connectivity index (χ2v) is 3.57. The van der Waals surface area contributed by atoms with Crippen LogP contribution in [0.1, 0.15) is 10.5 Å². The number of hydrogen-bond acceptors (Lipinski definition) is 2. The van der Waals surface area contributed by atoms with Crippen LogP contribution in [-0.4, -0.2) is 41.2 Å². The number of pyridine rings is 1. The quantitative estimate of drug-likeness (QED) is 0.765. The molecule has 3 nitrogen and oxygen atoms in total. The number of rotatable bonds is 5. The Morgan fingerprint density at radius 2 is 2.18 bits per heavy atom. The van der Waals surface area contributed by atoms with Gasteiger partial charge in [-0.1, -0.05) is 0 Å². The summed E-state index contributed by atoms with van der Waals surface area (Å²) in [4.78, 5) is 16.2. The van der Waals surface area contributed by atoms with E-state index in [1.165, 1.54) is 0 Å². The molecule has 0 saturated heterocycles. The van der Waals surface area contributed by atoms with Gasteiger partial charge in [0.25, 0.3) is 12.3 Å². The van der Waals surface area contributed by atoms with Crippen molar-refractivity contribution in [1.82, 2.24) is 9.88 Å². The smallest absolute Gasteiger partial charge is 0.272 e. The number of nitrogens with zero attached hydrogens (tertiary/aromatic N) is 2. The van der Waals surface area contributed by atoms with Gasteiger partial charge in [0.05, 0.1) is 12.7 Å². The second kappa shape index (κ2) is 6.44. The van der Waals surface area contributed by atoms with E-state index < -0.39 is 24.7 Å². The highest BCUT2D eigenvalue weighted by atomic mass is 35.5. The summed E-state index contributed by atoms with van der Waals surface area (Å²) in [5, 5.41) is 0. The van der Waals surface area contributed by atoms with Crippen molar-refractivity contribution >= 4 is 17.5 Å². The van der Waals surface area contributed by atoms with Crippen LogP contribution in [0.4, 0.5) is 13.2 Å². The topological polar surface area (TPSA) is 33.2 Å². The number of carbonyl (C=O) groups excluding carboxylic acids is 1. The molecule has 0 spiro atoms. The summed E-state index contributed by atoms with van der Waals surface area (Å²) in [5.74, 6) is -1.25. The molecule has 0 unspecified atom stereocenters. The summed E-state index contributed by atoms with van der Waals surface area (Å²) >= 11 is 5.42. The molecule has 0 aromatic carbocycles. The fraction of sp³-hybridized carbons (Fsp3) is 0.400. The Hall–Kier alpha value is -1.30. The molecule has 0 radical (unpaired) electrons. The van der Waals surface area contributed by atoms with Crippen molar-refractivity contribution in [2.24, 2.45) is 0 Å². The Morgan fingerprint density at radius 1 is 1.47 bits per heavy atom. The van der Waals surface area contributed by atoms with E-state index in [0.717, 1.165) is 23.2 Å². The lowest BCUT2D eigenvalue weighted by atomic mass is 10.3. The number of aromatic nitrogens is 1. The lowest BCUT2D eigenvalue weighted by Gasteiger charge is -2.20. The average Bonchev–Trinajstić information content (AvgIpc) is 2.28. The standard InChI is InChI=1S/C10H10ClF3N2O/c11-3-4-16(6-9(13)14)10(17)8-2-1-7(12)5-15-8/h1-2,5,9H,3-4,6H2. The minimum atomic E-state index is -2.65. The second-order valence-electron chi connectivity index (χ2n) is 3.19. The molecular weight excluding hydrogens is 257 g/mol. The van der Waals surface area contributed by atoms with Crippen LogP contribution in [0, 0.1) is 5.82 Å². The van der Waals surface area contributed by atoms with Gasteiger partial charge in [0.1, 0.15) is 11.5 Å². The maximum atomic E-state index is 12.6. The van der Waals surface area contributed by atoms with Crippen LogP contribution in [-0.2, 0) is 0 Å². The number of halogens is 4. The molecule has 0 aliphatic heterocycles. The highest BCUT2D eigenvalue weighted by Gasteiger charge is 2.20. The van der Waals surface area contributed by atoms with E-state index in [1.54, 1.807) is 0 Å². The van der Waals surface area contributed by atoms with E-state index in [-0.39, 0.29) is 18.1 Å². The van der Waals surface area contributed by atoms with E-state index in [1.807, 2.05) is 0 Å². The summed E-state index contributed by atoms with van der Waals surface area (Å²) in [6, 6.07) is 2.19. The highest BCUT2D eigenvalue weighted by Crippen LogP contribution is 2.06. The van der Waals surface area contributed by atoms with Crippen molar-refractivity contribution in [2.45, 2.75) is 6.43 Å². The predicted molar refractivity (Wildman–Crippen MR) is 56.8 cm³/mol. The summed E-state index contributed by atoms with van der Waals surface area (Å²) in [7, 11) is 0. The molecule has 1 rings (SSSR count). The van der Waals surface area contributed by atoms with Crippen molar-refractivity contribution in [2.75, 3.05) is 19.0 Å². The average molecular weight is 267 g/mol. The Labute approximate surface area is 101 Å². The first-order valence-electron chi connectivity index (χ1n) is 4.79. The molecule has 0 bridgehead atoms. The van der Waals surface area contributed by atoms with Gasteiger partial charge in [0.2, 0.25) is 0 Å². The molecule has 0 fully saturated rings. The van der Waals surface area contributed by atoms with Crippen LogP contribution in [0.5, 0.6) is 0 Å². The third-order valence-electron chi connectivity index (χ3n) is 1.95. The fourth-order valence-electron chi connectivity index (χ4n) is 1.21. The summed E-state index contributed by atoms with van der Waals surface area (Å²) < 4.78 is 37.0. The Bertz CT molecular complexity index is 372. The predicted octanol–water partition coefficient (Wildman–Crippen LogP) is 2.17. The third-order valence-corrected chi connectivity index (χ3v) is 2.12. The van der Waals surface area contributed by atoms with Gasteiger partial charge in [0, 0.05) is 12.4 Å². The molecule has 1 aromatic rings. The van der Waals surface area contributed by atoms with Gasteiger partial charge in [-0.2, -0.15) is 0 Å². The monoisotopic (exact) mass is 266 g/mol. The number of hydrogen-bond donors (Lipinski definition) is 0. The van der Waals surface area contributed by atoms with Crippen LogP contribution in [0.15, 0.2) is 18.3 Å². The molecule has 0 aliphatic rings. The molecule has 0 saturated carbocycles. The summed E-state index contributed by atoms with van der Waals surface area (Å²) in [5.41, 5.74) is -0.0860.